The van der Waals surface area contributed by atoms with Crippen LogP contribution in [0.2, 0.25) is 0 Å². The van der Waals surface area contributed by atoms with E-state index in [0.29, 0.717) is 53.6 Å². The zero-order valence-electron chi connectivity index (χ0n) is 22.9. The first-order valence-electron chi connectivity index (χ1n) is 12.7. The summed E-state index contributed by atoms with van der Waals surface area (Å²) in [6, 6.07) is 16.1. The van der Waals surface area contributed by atoms with Gasteiger partial charge in [-0.1, -0.05) is 0 Å². The van der Waals surface area contributed by atoms with E-state index in [9.17, 15) is 18.9 Å². The van der Waals surface area contributed by atoms with Gasteiger partial charge in [-0.2, -0.15) is 4.98 Å². The molecule has 0 saturated carbocycles. The molecule has 0 fully saturated rings. The Morgan fingerprint density at radius 1 is 0.976 bits per heavy atom. The highest BCUT2D eigenvalue weighted by molar-refractivity contribution is 7.79. The summed E-state index contributed by atoms with van der Waals surface area (Å²) in [6.07, 6.45) is 2.52. The van der Waals surface area contributed by atoms with Crippen molar-refractivity contribution >= 4 is 39.9 Å². The molecule has 0 aliphatic rings. The zero-order chi connectivity index (χ0) is 30.2. The Morgan fingerprint density at radius 3 is 2.10 bits per heavy atom. The van der Waals surface area contributed by atoms with Crippen molar-refractivity contribution in [2.75, 3.05) is 43.7 Å². The number of nitro groups is 1. The fraction of sp³-hybridized carbons (Fsp3) is 0.214. The van der Waals surface area contributed by atoms with Gasteiger partial charge in [0.15, 0.2) is 11.5 Å². The first kappa shape index (κ1) is 30.0. The molecule has 1 heterocycles. The van der Waals surface area contributed by atoms with Gasteiger partial charge in [-0.3, -0.25) is 14.3 Å². The van der Waals surface area contributed by atoms with Crippen LogP contribution in [0.4, 0.5) is 28.8 Å². The number of hydrogen-bond acceptors (Lipinski definition) is 12. The SMILES string of the molecule is COc1cc(Cc2cnc(N)nc2N)cc(OC)c1OCCCN(c1ccc([N+](=O)[O-])cc1)c1ccc(S(=O)[O-])cc1. The molecular weight excluding hydrogens is 564 g/mol. The predicted octanol–water partition coefficient (Wildman–Crippen LogP) is 4.00. The van der Waals surface area contributed by atoms with Crippen molar-refractivity contribution in [3.63, 3.8) is 0 Å². The van der Waals surface area contributed by atoms with Gasteiger partial charge in [0.2, 0.25) is 11.7 Å². The molecular formula is C28H29N6O7S-. The lowest BCUT2D eigenvalue weighted by molar-refractivity contribution is -0.384. The summed E-state index contributed by atoms with van der Waals surface area (Å²) in [5, 5.41) is 11.1. The maximum atomic E-state index is 11.3. The molecule has 1 aromatic heterocycles. The van der Waals surface area contributed by atoms with Crippen molar-refractivity contribution in [3.8, 4) is 17.2 Å². The van der Waals surface area contributed by atoms with Crippen LogP contribution in [0, 0.1) is 10.1 Å². The van der Waals surface area contributed by atoms with E-state index in [0.717, 1.165) is 5.56 Å². The fourth-order valence-electron chi connectivity index (χ4n) is 4.26. The maximum Gasteiger partial charge on any atom is 0.269 e. The number of ether oxygens (including phenoxy) is 3. The van der Waals surface area contributed by atoms with Gasteiger partial charge in [0.25, 0.3) is 5.69 Å². The third-order valence-electron chi connectivity index (χ3n) is 6.32. The van der Waals surface area contributed by atoms with E-state index < -0.39 is 16.0 Å². The second-order valence-corrected chi connectivity index (χ2v) is 9.94. The van der Waals surface area contributed by atoms with Crippen LogP contribution in [0.15, 0.2) is 71.8 Å². The van der Waals surface area contributed by atoms with Crippen molar-refractivity contribution in [2.24, 2.45) is 0 Å². The van der Waals surface area contributed by atoms with Gasteiger partial charge in [0, 0.05) is 53.1 Å². The summed E-state index contributed by atoms with van der Waals surface area (Å²) in [7, 11) is 3.06. The first-order valence-corrected chi connectivity index (χ1v) is 13.7. The van der Waals surface area contributed by atoms with Crippen LogP contribution in [0.25, 0.3) is 0 Å². The molecule has 4 aromatic rings. The number of aromatic nitrogens is 2. The summed E-state index contributed by atoms with van der Waals surface area (Å²) < 4.78 is 39.9. The Labute approximate surface area is 244 Å². The van der Waals surface area contributed by atoms with Crippen LogP contribution in [0.3, 0.4) is 0 Å². The van der Waals surface area contributed by atoms with E-state index in [1.54, 1.807) is 30.5 Å². The van der Waals surface area contributed by atoms with E-state index in [1.807, 2.05) is 17.0 Å². The van der Waals surface area contributed by atoms with Crippen molar-refractivity contribution < 1.29 is 27.9 Å². The van der Waals surface area contributed by atoms with Crippen LogP contribution < -0.4 is 30.6 Å². The minimum atomic E-state index is -2.36. The molecule has 13 nitrogen and oxygen atoms in total. The topological polar surface area (TPSA) is 192 Å². The second kappa shape index (κ2) is 13.6. The van der Waals surface area contributed by atoms with Crippen molar-refractivity contribution in [1.29, 1.82) is 0 Å². The number of benzene rings is 3. The predicted molar refractivity (Wildman–Crippen MR) is 157 cm³/mol. The maximum absolute atomic E-state index is 11.3. The normalized spacial score (nSPS) is 11.5. The molecule has 0 spiro atoms. The van der Waals surface area contributed by atoms with Crippen LogP contribution in [-0.4, -0.2) is 51.0 Å². The number of hydrogen-bond donors (Lipinski definition) is 2. The second-order valence-electron chi connectivity index (χ2n) is 9.00. The number of non-ortho nitro benzene ring substituents is 1. The highest BCUT2D eigenvalue weighted by Crippen LogP contribution is 2.39. The number of anilines is 4. The Kier molecular flexibility index (Phi) is 9.73. The van der Waals surface area contributed by atoms with Crippen molar-refractivity contribution in [3.05, 3.63) is 88.1 Å². The van der Waals surface area contributed by atoms with Gasteiger partial charge in [-0.05, 0) is 71.6 Å². The zero-order valence-corrected chi connectivity index (χ0v) is 23.7. The number of nitrogens with two attached hydrogens (primary N) is 2. The van der Waals surface area contributed by atoms with Crippen molar-refractivity contribution in [2.45, 2.75) is 17.7 Å². The number of rotatable bonds is 13. The number of nitrogens with zero attached hydrogens (tertiary/aromatic N) is 4. The van der Waals surface area contributed by atoms with Crippen LogP contribution in [0.5, 0.6) is 17.2 Å². The summed E-state index contributed by atoms with van der Waals surface area (Å²) >= 11 is -2.36. The summed E-state index contributed by atoms with van der Waals surface area (Å²) in [5.74, 6) is 1.74. The monoisotopic (exact) mass is 593 g/mol. The Hall–Kier alpha value is -4.95. The van der Waals surface area contributed by atoms with Gasteiger partial charge in [-0.25, -0.2) is 4.98 Å². The smallest absolute Gasteiger partial charge is 0.269 e. The lowest BCUT2D eigenvalue weighted by Gasteiger charge is -2.25. The highest BCUT2D eigenvalue weighted by Gasteiger charge is 2.17. The van der Waals surface area contributed by atoms with E-state index in [-0.39, 0.29) is 29.0 Å². The lowest BCUT2D eigenvalue weighted by atomic mass is 10.1. The van der Waals surface area contributed by atoms with Gasteiger partial charge >= 0.3 is 0 Å². The van der Waals surface area contributed by atoms with Crippen molar-refractivity contribution in [1.82, 2.24) is 9.97 Å². The molecule has 3 aromatic carbocycles. The molecule has 14 heteroatoms. The number of nitrogen functional groups attached to an aromatic ring is 2. The molecule has 42 heavy (non-hydrogen) atoms. The largest absolute Gasteiger partial charge is 0.768 e. The molecule has 1 atom stereocenters. The van der Waals surface area contributed by atoms with E-state index in [4.69, 9.17) is 25.7 Å². The molecule has 0 bridgehead atoms. The molecule has 4 N–H and O–H groups in total. The van der Waals surface area contributed by atoms with Gasteiger partial charge in [-0.15, -0.1) is 0 Å². The molecule has 0 amide bonds. The number of methoxy groups -OCH3 is 2. The van der Waals surface area contributed by atoms with E-state index in [1.165, 1.54) is 38.5 Å². The Balaban J connectivity index is 1.50. The molecule has 0 saturated heterocycles. The van der Waals surface area contributed by atoms with Crippen LogP contribution in [0.1, 0.15) is 17.5 Å². The molecule has 220 valence electrons. The quantitative estimate of drug-likeness (QED) is 0.0981. The lowest BCUT2D eigenvalue weighted by Crippen LogP contribution is -2.20. The third-order valence-corrected chi connectivity index (χ3v) is 6.97. The molecule has 4 rings (SSSR count). The Morgan fingerprint density at radius 2 is 1.57 bits per heavy atom. The van der Waals surface area contributed by atoms with Gasteiger partial charge in [0.1, 0.15) is 5.82 Å². The highest BCUT2D eigenvalue weighted by atomic mass is 32.2. The molecule has 0 aliphatic carbocycles. The van der Waals surface area contributed by atoms with Gasteiger partial charge < -0.3 is 35.1 Å². The average molecular weight is 594 g/mol. The first-order chi connectivity index (χ1) is 20.2. The molecule has 1 unspecified atom stereocenters. The number of nitro benzene ring substituents is 1. The summed E-state index contributed by atoms with van der Waals surface area (Å²) in [6.45, 7) is 0.730. The van der Waals surface area contributed by atoms with Gasteiger partial charge in [0.05, 0.1) is 25.7 Å². The van der Waals surface area contributed by atoms with E-state index in [2.05, 4.69) is 9.97 Å². The molecule has 0 aliphatic heterocycles. The van der Waals surface area contributed by atoms with Crippen LogP contribution in [-0.2, 0) is 17.5 Å². The summed E-state index contributed by atoms with van der Waals surface area (Å²) in [5.41, 5.74) is 14.5. The third kappa shape index (κ3) is 7.21. The standard InChI is InChI=1S/C28H30N6O7S/c1-39-24-15-18(14-19-17-31-28(30)32-27(19)29)16-25(40-2)26(24)41-13-3-12-33(20-4-6-22(7-5-20)34(35)36)21-8-10-23(11-9-21)42(37)38/h4-11,15-17H,3,12-14H2,1-2H3,(H,37,38)(H4,29,30,31,32)/p-1. The molecule has 0 radical (unpaired) electrons. The fourth-order valence-corrected chi connectivity index (χ4v) is 4.62. The van der Waals surface area contributed by atoms with E-state index >= 15 is 0 Å². The average Bonchev–Trinajstić information content (AvgIpc) is 2.98. The minimum Gasteiger partial charge on any atom is -0.768 e. The minimum absolute atomic E-state index is 0.0339. The summed E-state index contributed by atoms with van der Waals surface area (Å²) in [4.78, 5) is 20.7. The van der Waals surface area contributed by atoms with Crippen LogP contribution >= 0.6 is 0 Å². The Bertz CT molecular complexity index is 1490.